The number of nitrogens with one attached hydrogen (secondary N) is 2. The molecular weight excluding hydrogens is 230 g/mol. The topological polar surface area (TPSA) is 71.8 Å². The molecule has 1 amide bonds. The Hall–Kier alpha value is -1.43. The first kappa shape index (κ1) is 14.6. The quantitative estimate of drug-likeness (QED) is 0.704. The molecule has 1 unspecified atom stereocenters. The molecule has 1 atom stereocenters. The summed E-state index contributed by atoms with van der Waals surface area (Å²) >= 11 is 0. The van der Waals surface area contributed by atoms with Gasteiger partial charge >= 0.3 is 0 Å². The fourth-order valence-corrected chi connectivity index (χ4v) is 1.48. The minimum Gasteiger partial charge on any atom is -0.355 e. The second-order valence-electron chi connectivity index (χ2n) is 4.82. The van der Waals surface area contributed by atoms with Crippen LogP contribution in [0.3, 0.4) is 0 Å². The molecule has 1 heterocycles. The number of hydrogen-bond acceptors (Lipinski definition) is 4. The van der Waals surface area contributed by atoms with Crippen LogP contribution in [0, 0.1) is 5.92 Å². The second-order valence-corrected chi connectivity index (χ2v) is 4.82. The van der Waals surface area contributed by atoms with Crippen LogP contribution in [0.4, 0.5) is 0 Å². The number of hydrogen-bond donors (Lipinski definition) is 2. The van der Waals surface area contributed by atoms with Gasteiger partial charge in [0.15, 0.2) is 0 Å². The fourth-order valence-electron chi connectivity index (χ4n) is 1.48. The molecule has 0 aliphatic heterocycles. The molecule has 0 saturated heterocycles. The van der Waals surface area contributed by atoms with Gasteiger partial charge in [-0.2, -0.15) is 0 Å². The van der Waals surface area contributed by atoms with Crippen molar-refractivity contribution in [2.45, 2.75) is 39.8 Å². The summed E-state index contributed by atoms with van der Waals surface area (Å²) in [5, 5.41) is 13.7. The molecule has 0 aliphatic rings. The van der Waals surface area contributed by atoms with Gasteiger partial charge in [-0.25, -0.2) is 0 Å². The van der Waals surface area contributed by atoms with Crippen molar-refractivity contribution in [2.24, 2.45) is 5.92 Å². The third kappa shape index (κ3) is 5.77. The van der Waals surface area contributed by atoms with Crippen LogP contribution in [0.15, 0.2) is 12.4 Å². The third-order valence-corrected chi connectivity index (χ3v) is 2.68. The maximum atomic E-state index is 11.7. The molecule has 0 aliphatic carbocycles. The minimum atomic E-state index is -0.180. The van der Waals surface area contributed by atoms with Gasteiger partial charge in [0, 0.05) is 19.3 Å². The van der Waals surface area contributed by atoms with Crippen LogP contribution in [-0.2, 0) is 11.3 Å². The fraction of sp³-hybridized carbons (Fsp3) is 0.750. The highest BCUT2D eigenvalue weighted by molar-refractivity contribution is 5.81. The summed E-state index contributed by atoms with van der Waals surface area (Å²) in [6, 6.07) is -0.180. The zero-order valence-electron chi connectivity index (χ0n) is 11.4. The summed E-state index contributed by atoms with van der Waals surface area (Å²) in [6.45, 7) is 8.31. The number of carbonyl (C=O) groups excluding carboxylic acids is 1. The van der Waals surface area contributed by atoms with Crippen LogP contribution in [-0.4, -0.2) is 40.0 Å². The Morgan fingerprint density at radius 3 is 2.72 bits per heavy atom. The Morgan fingerprint density at radius 1 is 1.33 bits per heavy atom. The molecule has 1 aromatic rings. The van der Waals surface area contributed by atoms with Crippen molar-refractivity contribution in [1.82, 2.24) is 25.6 Å². The predicted molar refractivity (Wildman–Crippen MR) is 70.0 cm³/mol. The molecule has 0 aromatic carbocycles. The van der Waals surface area contributed by atoms with E-state index in [-0.39, 0.29) is 11.9 Å². The monoisotopic (exact) mass is 253 g/mol. The number of rotatable bonds is 8. The van der Waals surface area contributed by atoms with Gasteiger partial charge in [0.2, 0.25) is 5.91 Å². The van der Waals surface area contributed by atoms with E-state index >= 15 is 0 Å². The smallest absolute Gasteiger partial charge is 0.236 e. The molecule has 0 radical (unpaired) electrons. The van der Waals surface area contributed by atoms with E-state index in [1.807, 2.05) is 6.92 Å². The van der Waals surface area contributed by atoms with Gasteiger partial charge in [0.25, 0.3) is 0 Å². The lowest BCUT2D eigenvalue weighted by Gasteiger charge is -2.14. The van der Waals surface area contributed by atoms with Crippen molar-refractivity contribution in [3.8, 4) is 0 Å². The van der Waals surface area contributed by atoms with Crippen molar-refractivity contribution in [1.29, 1.82) is 0 Å². The first-order valence-corrected chi connectivity index (χ1v) is 6.44. The van der Waals surface area contributed by atoms with E-state index in [2.05, 4.69) is 34.8 Å². The average Bonchev–Trinajstić information content (AvgIpc) is 2.81. The standard InChI is InChI=1S/C12H23N5O/c1-10(2)4-5-14-12(18)11(3)13-6-8-17-9-7-15-16-17/h7,9-11,13H,4-6,8H2,1-3H3,(H,14,18). The summed E-state index contributed by atoms with van der Waals surface area (Å²) in [4.78, 5) is 11.7. The Kier molecular flexibility index (Phi) is 6.35. The van der Waals surface area contributed by atoms with Gasteiger partial charge in [0.05, 0.1) is 18.8 Å². The molecule has 0 saturated carbocycles. The van der Waals surface area contributed by atoms with E-state index in [1.54, 1.807) is 17.1 Å². The van der Waals surface area contributed by atoms with E-state index < -0.39 is 0 Å². The molecule has 6 heteroatoms. The predicted octanol–water partition coefficient (Wildman–Crippen LogP) is 0.419. The Morgan fingerprint density at radius 2 is 2.11 bits per heavy atom. The van der Waals surface area contributed by atoms with E-state index in [1.165, 1.54) is 0 Å². The first-order valence-electron chi connectivity index (χ1n) is 6.44. The molecule has 1 rings (SSSR count). The number of carbonyl (C=O) groups is 1. The van der Waals surface area contributed by atoms with Gasteiger partial charge < -0.3 is 10.6 Å². The highest BCUT2D eigenvalue weighted by Crippen LogP contribution is 1.96. The van der Waals surface area contributed by atoms with Crippen molar-refractivity contribution in [2.75, 3.05) is 13.1 Å². The molecule has 18 heavy (non-hydrogen) atoms. The Labute approximate surface area is 108 Å². The molecule has 102 valence electrons. The van der Waals surface area contributed by atoms with Crippen LogP contribution >= 0.6 is 0 Å². The summed E-state index contributed by atoms with van der Waals surface area (Å²) < 4.78 is 1.73. The molecule has 2 N–H and O–H groups in total. The van der Waals surface area contributed by atoms with Gasteiger partial charge in [-0.05, 0) is 19.3 Å². The summed E-state index contributed by atoms with van der Waals surface area (Å²) in [6.07, 6.45) is 4.45. The van der Waals surface area contributed by atoms with E-state index in [0.717, 1.165) is 13.0 Å². The SMILES string of the molecule is CC(C)CCNC(=O)C(C)NCCn1ccnn1. The van der Waals surface area contributed by atoms with Gasteiger partial charge in [-0.1, -0.05) is 19.1 Å². The van der Waals surface area contributed by atoms with Crippen molar-refractivity contribution in [3.63, 3.8) is 0 Å². The van der Waals surface area contributed by atoms with Crippen LogP contribution in [0.5, 0.6) is 0 Å². The number of amides is 1. The normalized spacial score (nSPS) is 12.7. The second kappa shape index (κ2) is 7.81. The summed E-state index contributed by atoms with van der Waals surface area (Å²) in [7, 11) is 0. The van der Waals surface area contributed by atoms with Crippen LogP contribution in [0.25, 0.3) is 0 Å². The van der Waals surface area contributed by atoms with Crippen molar-refractivity contribution < 1.29 is 4.79 Å². The molecule has 0 fully saturated rings. The lowest BCUT2D eigenvalue weighted by Crippen LogP contribution is -2.43. The lowest BCUT2D eigenvalue weighted by atomic mass is 10.1. The van der Waals surface area contributed by atoms with E-state index in [0.29, 0.717) is 19.0 Å². The highest BCUT2D eigenvalue weighted by Gasteiger charge is 2.11. The first-order chi connectivity index (χ1) is 8.59. The van der Waals surface area contributed by atoms with Gasteiger partial charge in [-0.3, -0.25) is 9.48 Å². The number of aromatic nitrogens is 3. The Bertz CT molecular complexity index is 336. The lowest BCUT2D eigenvalue weighted by molar-refractivity contribution is -0.122. The van der Waals surface area contributed by atoms with Crippen LogP contribution < -0.4 is 10.6 Å². The van der Waals surface area contributed by atoms with Gasteiger partial charge in [0.1, 0.15) is 0 Å². The molecule has 0 bridgehead atoms. The molecule has 6 nitrogen and oxygen atoms in total. The molecule has 0 spiro atoms. The van der Waals surface area contributed by atoms with Crippen molar-refractivity contribution >= 4 is 5.91 Å². The molecule has 1 aromatic heterocycles. The maximum Gasteiger partial charge on any atom is 0.236 e. The number of nitrogens with zero attached hydrogens (tertiary/aromatic N) is 3. The van der Waals surface area contributed by atoms with Crippen molar-refractivity contribution in [3.05, 3.63) is 12.4 Å². The van der Waals surface area contributed by atoms with Crippen LogP contribution in [0.2, 0.25) is 0 Å². The maximum absolute atomic E-state index is 11.7. The third-order valence-electron chi connectivity index (χ3n) is 2.68. The van der Waals surface area contributed by atoms with E-state index in [9.17, 15) is 4.79 Å². The average molecular weight is 253 g/mol. The zero-order valence-corrected chi connectivity index (χ0v) is 11.4. The van der Waals surface area contributed by atoms with Crippen LogP contribution in [0.1, 0.15) is 27.2 Å². The Balaban J connectivity index is 2.11. The van der Waals surface area contributed by atoms with E-state index in [4.69, 9.17) is 0 Å². The highest BCUT2D eigenvalue weighted by atomic mass is 16.2. The zero-order chi connectivity index (χ0) is 13.4. The summed E-state index contributed by atoms with van der Waals surface area (Å²) in [5.41, 5.74) is 0. The van der Waals surface area contributed by atoms with Gasteiger partial charge in [-0.15, -0.1) is 5.10 Å². The minimum absolute atomic E-state index is 0.0502. The summed E-state index contributed by atoms with van der Waals surface area (Å²) in [5.74, 6) is 0.662. The largest absolute Gasteiger partial charge is 0.355 e. The molecular formula is C12H23N5O.